The van der Waals surface area contributed by atoms with Crippen molar-refractivity contribution in [3.63, 3.8) is 0 Å². The molecular weight excluding hydrogens is 378 g/mol. The van der Waals surface area contributed by atoms with E-state index >= 15 is 0 Å². The van der Waals surface area contributed by atoms with Gasteiger partial charge in [0.25, 0.3) is 11.8 Å². The minimum absolute atomic E-state index is 0. The number of rotatable bonds is 5. The number of piperidine rings is 2. The maximum atomic E-state index is 12.6. The Morgan fingerprint density at radius 2 is 1.82 bits per heavy atom. The molecule has 1 aromatic rings. The lowest BCUT2D eigenvalue weighted by molar-refractivity contribution is -0.134. The van der Waals surface area contributed by atoms with E-state index in [1.54, 1.807) is 0 Å². The van der Waals surface area contributed by atoms with Crippen molar-refractivity contribution in [2.24, 2.45) is 0 Å². The first kappa shape index (κ1) is 22.5. The molecule has 2 amide bonds. The Morgan fingerprint density at radius 3 is 2.43 bits per heavy atom. The second-order valence-electron chi connectivity index (χ2n) is 7.69. The number of hydrogen-bond acceptors (Lipinski definition) is 4. The average molecular weight is 410 g/mol. The molecule has 2 aliphatic rings. The molecule has 2 heterocycles. The fourth-order valence-electron chi connectivity index (χ4n) is 3.92. The lowest BCUT2D eigenvalue weighted by atomic mass is 10.0. The summed E-state index contributed by atoms with van der Waals surface area (Å²) in [6.07, 6.45) is 5.44. The van der Waals surface area contributed by atoms with Gasteiger partial charge in [0.1, 0.15) is 5.75 Å². The van der Waals surface area contributed by atoms with E-state index < -0.39 is 0 Å². The van der Waals surface area contributed by atoms with Crippen molar-refractivity contribution in [2.75, 3.05) is 32.8 Å². The molecule has 7 heteroatoms. The van der Waals surface area contributed by atoms with E-state index in [1.165, 1.54) is 6.42 Å². The van der Waals surface area contributed by atoms with Gasteiger partial charge in [0.2, 0.25) is 0 Å². The number of nitrogens with one attached hydrogen (secondary N) is 2. The quantitative estimate of drug-likeness (QED) is 0.784. The van der Waals surface area contributed by atoms with E-state index in [0.717, 1.165) is 63.0 Å². The molecule has 156 valence electrons. The summed E-state index contributed by atoms with van der Waals surface area (Å²) in [5.41, 5.74) is 2.41. The Bertz CT molecular complexity index is 660. The summed E-state index contributed by atoms with van der Waals surface area (Å²) < 4.78 is 5.83. The number of halogens is 1. The zero-order chi connectivity index (χ0) is 19.2. The third-order valence-electron chi connectivity index (χ3n) is 5.40. The summed E-state index contributed by atoms with van der Waals surface area (Å²) in [6, 6.07) is 3.88. The van der Waals surface area contributed by atoms with Crippen LogP contribution < -0.4 is 15.4 Å². The molecule has 0 saturated carbocycles. The number of benzene rings is 1. The van der Waals surface area contributed by atoms with Crippen LogP contribution in [0.25, 0.3) is 0 Å². The number of hydrogen-bond donors (Lipinski definition) is 2. The first-order valence-electron chi connectivity index (χ1n) is 10.1. The number of amides is 2. The maximum absolute atomic E-state index is 12.6. The fourth-order valence-corrected chi connectivity index (χ4v) is 3.92. The number of likely N-dealkylation sites (tertiary alicyclic amines) is 1. The van der Waals surface area contributed by atoms with Gasteiger partial charge < -0.3 is 20.3 Å². The molecule has 0 radical (unpaired) electrons. The number of nitrogens with zero attached hydrogens (tertiary/aromatic N) is 1. The van der Waals surface area contributed by atoms with Crippen LogP contribution in [0.4, 0.5) is 0 Å². The molecule has 0 bridgehead atoms. The van der Waals surface area contributed by atoms with Gasteiger partial charge in [-0.1, -0.05) is 0 Å². The standard InChI is InChI=1S/C21H31N3O3.ClH/c1-15-11-17(21(26)23-18-7-6-8-22-13-18)12-16(2)20(15)27-14-19(25)24-9-4-3-5-10-24;/h11-12,18,22H,3-10,13-14H2,1-2H3,(H,23,26);1H/t18-;/m0./s1. The van der Waals surface area contributed by atoms with E-state index in [0.29, 0.717) is 11.3 Å². The summed E-state index contributed by atoms with van der Waals surface area (Å²) in [7, 11) is 0. The van der Waals surface area contributed by atoms with Gasteiger partial charge in [-0.15, -0.1) is 12.4 Å². The minimum atomic E-state index is -0.0501. The third-order valence-corrected chi connectivity index (χ3v) is 5.40. The summed E-state index contributed by atoms with van der Waals surface area (Å²) >= 11 is 0. The molecule has 1 atom stereocenters. The van der Waals surface area contributed by atoms with E-state index in [2.05, 4.69) is 10.6 Å². The Kier molecular flexibility index (Phi) is 8.58. The highest BCUT2D eigenvalue weighted by molar-refractivity contribution is 5.95. The highest BCUT2D eigenvalue weighted by Gasteiger charge is 2.20. The van der Waals surface area contributed by atoms with Crippen LogP contribution in [0.5, 0.6) is 5.75 Å². The molecule has 2 saturated heterocycles. The topological polar surface area (TPSA) is 70.7 Å². The highest BCUT2D eigenvalue weighted by Crippen LogP contribution is 2.25. The molecule has 2 aliphatic heterocycles. The van der Waals surface area contributed by atoms with Crippen LogP contribution in [-0.4, -0.2) is 55.5 Å². The zero-order valence-electron chi connectivity index (χ0n) is 16.9. The first-order chi connectivity index (χ1) is 13.0. The number of aryl methyl sites for hydroxylation is 2. The van der Waals surface area contributed by atoms with Gasteiger partial charge in [-0.2, -0.15) is 0 Å². The van der Waals surface area contributed by atoms with Crippen molar-refractivity contribution in [1.29, 1.82) is 0 Å². The fraction of sp³-hybridized carbons (Fsp3) is 0.619. The second-order valence-corrected chi connectivity index (χ2v) is 7.69. The van der Waals surface area contributed by atoms with Crippen LogP contribution in [0.3, 0.4) is 0 Å². The van der Waals surface area contributed by atoms with E-state index in [1.807, 2.05) is 30.9 Å². The largest absolute Gasteiger partial charge is 0.483 e. The number of carbonyl (C=O) groups excluding carboxylic acids is 2. The maximum Gasteiger partial charge on any atom is 0.260 e. The molecule has 0 unspecified atom stereocenters. The summed E-state index contributed by atoms with van der Waals surface area (Å²) in [5, 5.41) is 6.41. The molecule has 0 aromatic heterocycles. The molecule has 6 nitrogen and oxygen atoms in total. The predicted molar refractivity (Wildman–Crippen MR) is 112 cm³/mol. The first-order valence-corrected chi connectivity index (χ1v) is 10.1. The van der Waals surface area contributed by atoms with Gasteiger partial charge in [0.15, 0.2) is 6.61 Å². The lowest BCUT2D eigenvalue weighted by Gasteiger charge is -2.27. The van der Waals surface area contributed by atoms with Gasteiger partial charge in [-0.05, 0) is 75.8 Å². The Morgan fingerprint density at radius 1 is 1.14 bits per heavy atom. The monoisotopic (exact) mass is 409 g/mol. The molecule has 2 N–H and O–H groups in total. The molecule has 0 spiro atoms. The smallest absolute Gasteiger partial charge is 0.260 e. The number of carbonyl (C=O) groups is 2. The predicted octanol–water partition coefficient (Wildman–Crippen LogP) is 2.60. The summed E-state index contributed by atoms with van der Waals surface area (Å²) in [6.45, 7) is 7.40. The summed E-state index contributed by atoms with van der Waals surface area (Å²) in [4.78, 5) is 26.8. The van der Waals surface area contributed by atoms with Crippen LogP contribution in [0.2, 0.25) is 0 Å². The SMILES string of the molecule is Cc1cc(C(=O)N[C@H]2CCCNC2)cc(C)c1OCC(=O)N1CCCCC1.Cl. The second kappa shape index (κ2) is 10.7. The van der Waals surface area contributed by atoms with Crippen LogP contribution >= 0.6 is 12.4 Å². The van der Waals surface area contributed by atoms with E-state index in [-0.39, 0.29) is 36.9 Å². The van der Waals surface area contributed by atoms with Gasteiger partial charge in [-0.3, -0.25) is 9.59 Å². The van der Waals surface area contributed by atoms with Crippen LogP contribution in [0.15, 0.2) is 12.1 Å². The lowest BCUT2D eigenvalue weighted by Crippen LogP contribution is -2.45. The van der Waals surface area contributed by atoms with Crippen LogP contribution in [0.1, 0.15) is 53.6 Å². The molecule has 1 aromatic carbocycles. The Labute approximate surface area is 173 Å². The molecule has 2 fully saturated rings. The van der Waals surface area contributed by atoms with Crippen LogP contribution in [-0.2, 0) is 4.79 Å². The van der Waals surface area contributed by atoms with Crippen molar-refractivity contribution >= 4 is 24.2 Å². The Hall–Kier alpha value is -1.79. The van der Waals surface area contributed by atoms with Gasteiger partial charge in [0.05, 0.1) is 0 Å². The van der Waals surface area contributed by atoms with Crippen LogP contribution in [0, 0.1) is 13.8 Å². The zero-order valence-corrected chi connectivity index (χ0v) is 17.7. The third kappa shape index (κ3) is 5.85. The molecule has 3 rings (SSSR count). The molecule has 28 heavy (non-hydrogen) atoms. The van der Waals surface area contributed by atoms with Crippen molar-refractivity contribution in [3.05, 3.63) is 28.8 Å². The highest BCUT2D eigenvalue weighted by atomic mass is 35.5. The van der Waals surface area contributed by atoms with Crippen molar-refractivity contribution in [2.45, 2.75) is 52.0 Å². The average Bonchev–Trinajstić information content (AvgIpc) is 2.68. The van der Waals surface area contributed by atoms with Crippen molar-refractivity contribution in [3.8, 4) is 5.75 Å². The van der Waals surface area contributed by atoms with Crippen molar-refractivity contribution in [1.82, 2.24) is 15.5 Å². The normalized spacial score (nSPS) is 19.5. The van der Waals surface area contributed by atoms with Gasteiger partial charge in [-0.25, -0.2) is 0 Å². The number of ether oxygens (including phenoxy) is 1. The Balaban J connectivity index is 0.00000280. The summed E-state index contributed by atoms with van der Waals surface area (Å²) in [5.74, 6) is 0.696. The van der Waals surface area contributed by atoms with E-state index in [9.17, 15) is 9.59 Å². The molecule has 0 aliphatic carbocycles. The van der Waals surface area contributed by atoms with Crippen molar-refractivity contribution < 1.29 is 14.3 Å². The molecular formula is C21H32ClN3O3. The van der Waals surface area contributed by atoms with E-state index in [4.69, 9.17) is 4.74 Å². The van der Waals surface area contributed by atoms with Gasteiger partial charge in [0, 0.05) is 31.2 Å². The minimum Gasteiger partial charge on any atom is -0.483 e. The van der Waals surface area contributed by atoms with Gasteiger partial charge >= 0.3 is 0 Å².